The van der Waals surface area contributed by atoms with Crippen molar-refractivity contribution in [2.75, 3.05) is 45.2 Å². The number of likely N-dealkylation sites (N-methyl/N-ethyl adjacent to an activating group) is 1. The zero-order valence-electron chi connectivity index (χ0n) is 26.5. The Kier molecular flexibility index (Phi) is 9.41. The van der Waals surface area contributed by atoms with E-state index >= 15 is 0 Å². The molecule has 250 valence electrons. The quantitative estimate of drug-likeness (QED) is 0.0970. The van der Waals surface area contributed by atoms with E-state index in [-0.39, 0.29) is 35.6 Å². The van der Waals surface area contributed by atoms with E-state index in [0.29, 0.717) is 24.1 Å². The Labute approximate surface area is 265 Å². The number of aliphatic hydroxyl groups is 3. The number of amides is 2. The lowest BCUT2D eigenvalue weighted by molar-refractivity contribution is -0.157. The molecule has 3 aliphatic rings. The van der Waals surface area contributed by atoms with Crippen molar-refractivity contribution in [3.63, 3.8) is 0 Å². The Hall–Kier alpha value is -4.63. The highest BCUT2D eigenvalue weighted by Crippen LogP contribution is 2.54. The first-order valence-corrected chi connectivity index (χ1v) is 14.8. The van der Waals surface area contributed by atoms with E-state index in [2.05, 4.69) is 5.32 Å². The van der Waals surface area contributed by atoms with Gasteiger partial charge in [-0.25, -0.2) is 4.79 Å². The lowest BCUT2D eigenvalue weighted by Gasteiger charge is -2.50. The first-order valence-electron chi connectivity index (χ1n) is 14.8. The van der Waals surface area contributed by atoms with E-state index in [1.54, 1.807) is 19.0 Å². The smallest absolute Gasteiger partial charge is 0.414 e. The number of aliphatic hydroxyl groups excluding tert-OH is 2. The van der Waals surface area contributed by atoms with Crippen molar-refractivity contribution in [1.29, 1.82) is 0 Å². The van der Waals surface area contributed by atoms with Crippen molar-refractivity contribution in [2.24, 2.45) is 23.5 Å². The predicted octanol–water partition coefficient (Wildman–Crippen LogP) is 1.52. The molecule has 1 fully saturated rings. The van der Waals surface area contributed by atoms with Crippen molar-refractivity contribution in [2.45, 2.75) is 51.2 Å². The zero-order chi connectivity index (χ0) is 34.4. The van der Waals surface area contributed by atoms with E-state index in [9.17, 15) is 44.4 Å². The Morgan fingerprint density at radius 2 is 1.72 bits per heavy atom. The Bertz CT molecular complexity index is 1560. The van der Waals surface area contributed by atoms with Crippen LogP contribution in [0.5, 0.6) is 5.75 Å². The van der Waals surface area contributed by atoms with Crippen LogP contribution in [0, 0.1) is 17.8 Å². The van der Waals surface area contributed by atoms with Crippen LogP contribution in [0.4, 0.5) is 16.2 Å². The molecule has 7 N–H and O–H groups in total. The summed E-state index contributed by atoms with van der Waals surface area (Å²) in [5.74, 6) is -8.72. The Balaban J connectivity index is 1.76. The van der Waals surface area contributed by atoms with Gasteiger partial charge in [0.25, 0.3) is 5.91 Å². The number of phenols is 1. The van der Waals surface area contributed by atoms with Gasteiger partial charge in [-0.2, -0.15) is 0 Å². The summed E-state index contributed by atoms with van der Waals surface area (Å²) in [7, 11) is 6.41. The van der Waals surface area contributed by atoms with Crippen LogP contribution in [0.15, 0.2) is 23.0 Å². The molecule has 3 aliphatic carbocycles. The molecule has 1 aromatic rings. The largest absolute Gasteiger partial charge is 0.508 e. The maximum atomic E-state index is 14.1. The molecule has 4 atom stereocenters. The first kappa shape index (κ1) is 34.2. The van der Waals surface area contributed by atoms with Gasteiger partial charge in [0.15, 0.2) is 17.1 Å². The number of ether oxygens (including phenoxy) is 2. The number of aromatic hydroxyl groups is 1. The average molecular weight is 645 g/mol. The number of Topliss-reactive ketones (excluding diaryl/α,β-unsaturated/α-hetero) is 2. The number of carbonyl (C=O) groups excluding carboxylic acids is 5. The number of primary amides is 1. The molecule has 1 saturated carbocycles. The standard InChI is InChI=1S/C31H40N4O11/c1-7-13(8-2)29(42)45-12-46-30(43)33-17-11-18(34(3)4)15-9-14-10-16-22(35(5)6)25(38)21(28(32)41)27(40)31(16,44)26(39)19(14)24(37)20(15)23(17)36/h11,13-14,16,22,36-37,40,44H,7-10,12H2,1-6H3,(H2,32,41)(H,33,43)/t14-,16-,22-,31-/m0/s1. The maximum Gasteiger partial charge on any atom is 0.414 e. The number of phenolic OH excluding ortho intramolecular Hbond substituents is 1. The van der Waals surface area contributed by atoms with Crippen molar-refractivity contribution in [3.05, 3.63) is 34.1 Å². The molecular weight excluding hydrogens is 604 g/mol. The van der Waals surface area contributed by atoms with Gasteiger partial charge in [0.2, 0.25) is 12.6 Å². The molecule has 0 heterocycles. The fraction of sp³-hybridized carbons (Fsp3) is 0.516. The van der Waals surface area contributed by atoms with Gasteiger partial charge in [-0.05, 0) is 57.3 Å². The molecule has 1 aromatic carbocycles. The highest BCUT2D eigenvalue weighted by Gasteiger charge is 2.64. The van der Waals surface area contributed by atoms with Gasteiger partial charge in [-0.1, -0.05) is 13.8 Å². The van der Waals surface area contributed by atoms with E-state index in [1.807, 2.05) is 13.8 Å². The van der Waals surface area contributed by atoms with Gasteiger partial charge in [0.05, 0.1) is 23.2 Å². The molecular formula is C31H40N4O11. The van der Waals surface area contributed by atoms with Crippen LogP contribution >= 0.6 is 0 Å². The van der Waals surface area contributed by atoms with Crippen molar-refractivity contribution < 1.29 is 53.9 Å². The second-order valence-electron chi connectivity index (χ2n) is 12.2. The van der Waals surface area contributed by atoms with E-state index in [4.69, 9.17) is 15.2 Å². The van der Waals surface area contributed by atoms with Crippen LogP contribution in [0.1, 0.15) is 44.2 Å². The normalized spacial score (nSPS) is 24.0. The summed E-state index contributed by atoms with van der Waals surface area (Å²) in [4.78, 5) is 67.3. The number of benzene rings is 1. The van der Waals surface area contributed by atoms with Crippen LogP contribution in [0.25, 0.3) is 5.76 Å². The van der Waals surface area contributed by atoms with E-state index < -0.39 is 82.6 Å². The van der Waals surface area contributed by atoms with Crippen molar-refractivity contribution in [1.82, 2.24) is 4.90 Å². The molecule has 15 heteroatoms. The molecule has 0 unspecified atom stereocenters. The van der Waals surface area contributed by atoms with Crippen molar-refractivity contribution in [3.8, 4) is 5.75 Å². The lowest BCUT2D eigenvalue weighted by atomic mass is 9.57. The minimum Gasteiger partial charge on any atom is -0.508 e. The molecule has 0 spiro atoms. The highest BCUT2D eigenvalue weighted by atomic mass is 16.7. The summed E-state index contributed by atoms with van der Waals surface area (Å²) in [6, 6.07) is 0.233. The number of esters is 1. The number of nitrogens with zero attached hydrogens (tertiary/aromatic N) is 2. The molecule has 4 rings (SSSR count). The topological polar surface area (TPSA) is 229 Å². The minimum atomic E-state index is -2.78. The third kappa shape index (κ3) is 5.42. The third-order valence-electron chi connectivity index (χ3n) is 9.13. The number of hydrogen-bond acceptors (Lipinski definition) is 13. The van der Waals surface area contributed by atoms with Crippen LogP contribution < -0.4 is 16.0 Å². The SMILES string of the molecule is CCC(CC)C(=O)OCOC(=O)Nc1cc(N(C)C)c2c(c1O)C(O)=C1C(=O)[C@]3(O)C(O)=C(C(N)=O)C(=O)[C@@H](N(C)C)[C@@H]3C[C@@H]1C2. The first-order chi connectivity index (χ1) is 21.5. The number of rotatable bonds is 9. The second-order valence-corrected chi connectivity index (χ2v) is 12.2. The summed E-state index contributed by atoms with van der Waals surface area (Å²) < 4.78 is 9.95. The van der Waals surface area contributed by atoms with Gasteiger partial charge in [0, 0.05) is 31.3 Å². The number of carbonyl (C=O) groups is 5. The van der Waals surface area contributed by atoms with Crippen LogP contribution in [0.2, 0.25) is 0 Å². The fourth-order valence-corrected chi connectivity index (χ4v) is 6.81. The maximum absolute atomic E-state index is 14.1. The van der Waals surface area contributed by atoms with Gasteiger partial charge >= 0.3 is 12.1 Å². The number of ketones is 2. The summed E-state index contributed by atoms with van der Waals surface area (Å²) in [5.41, 5.74) is 1.78. The van der Waals surface area contributed by atoms with Crippen molar-refractivity contribution >= 4 is 46.7 Å². The number of anilines is 2. The van der Waals surface area contributed by atoms with E-state index in [1.165, 1.54) is 25.1 Å². The van der Waals surface area contributed by atoms with Gasteiger partial charge in [-0.15, -0.1) is 0 Å². The predicted molar refractivity (Wildman–Crippen MR) is 164 cm³/mol. The molecule has 0 aromatic heterocycles. The highest BCUT2D eigenvalue weighted by molar-refractivity contribution is 6.24. The number of nitrogens with two attached hydrogens (primary N) is 1. The molecule has 0 radical (unpaired) electrons. The summed E-state index contributed by atoms with van der Waals surface area (Å²) in [6.45, 7) is 2.97. The van der Waals surface area contributed by atoms with Crippen LogP contribution in [-0.2, 0) is 35.1 Å². The summed E-state index contributed by atoms with van der Waals surface area (Å²) >= 11 is 0. The number of hydrogen-bond donors (Lipinski definition) is 6. The molecule has 15 nitrogen and oxygen atoms in total. The number of nitrogens with one attached hydrogen (secondary N) is 1. The summed E-state index contributed by atoms with van der Waals surface area (Å²) in [5, 5.41) is 48.0. The molecule has 0 bridgehead atoms. The van der Waals surface area contributed by atoms with Crippen LogP contribution in [0.3, 0.4) is 0 Å². The molecule has 0 saturated heterocycles. The van der Waals surface area contributed by atoms with Gasteiger partial charge in [0.1, 0.15) is 17.1 Å². The lowest BCUT2D eigenvalue weighted by Crippen LogP contribution is -2.65. The second kappa shape index (κ2) is 12.6. The van der Waals surface area contributed by atoms with Gasteiger partial charge < -0.3 is 40.5 Å². The fourth-order valence-electron chi connectivity index (χ4n) is 6.81. The number of fused-ring (bicyclic) bond motifs is 3. The minimum absolute atomic E-state index is 0.0618. The molecule has 2 amide bonds. The monoisotopic (exact) mass is 644 g/mol. The zero-order valence-corrected chi connectivity index (χ0v) is 26.5. The Morgan fingerprint density at radius 1 is 1.09 bits per heavy atom. The Morgan fingerprint density at radius 3 is 2.26 bits per heavy atom. The molecule has 0 aliphatic heterocycles. The average Bonchev–Trinajstić information content (AvgIpc) is 2.96. The van der Waals surface area contributed by atoms with E-state index in [0.717, 1.165) is 0 Å². The van der Waals surface area contributed by atoms with Crippen LogP contribution in [-0.4, -0.2) is 101 Å². The molecule has 46 heavy (non-hydrogen) atoms. The van der Waals surface area contributed by atoms with Gasteiger partial charge in [-0.3, -0.25) is 29.4 Å². The summed E-state index contributed by atoms with van der Waals surface area (Å²) in [6.07, 6.45) is 0.0109. The third-order valence-corrected chi connectivity index (χ3v) is 9.13.